The smallest absolute Gasteiger partial charge is 0.264 e. The lowest BCUT2D eigenvalue weighted by atomic mass is 9.94. The van der Waals surface area contributed by atoms with E-state index < -0.39 is 34.3 Å². The monoisotopic (exact) mass is 705 g/mol. The van der Waals surface area contributed by atoms with E-state index in [0.29, 0.717) is 11.3 Å². The summed E-state index contributed by atoms with van der Waals surface area (Å²) in [5.41, 5.74) is 2.42. The Labute approximate surface area is 292 Å². The van der Waals surface area contributed by atoms with Gasteiger partial charge in [-0.05, 0) is 73.4 Å². The van der Waals surface area contributed by atoms with Crippen molar-refractivity contribution in [2.45, 2.75) is 69.0 Å². The maximum atomic E-state index is 14.7. The second-order valence-corrected chi connectivity index (χ2v) is 14.6. The van der Waals surface area contributed by atoms with Crippen LogP contribution < -0.4 is 14.4 Å². The fourth-order valence-electron chi connectivity index (χ4n) is 6.06. The molecule has 0 bridgehead atoms. The maximum absolute atomic E-state index is 14.7. The summed E-state index contributed by atoms with van der Waals surface area (Å²) in [7, 11) is -2.86. The largest absolute Gasteiger partial charge is 0.495 e. The van der Waals surface area contributed by atoms with Gasteiger partial charge in [-0.3, -0.25) is 13.9 Å². The van der Waals surface area contributed by atoms with Crippen LogP contribution in [0, 0.1) is 12.7 Å². The van der Waals surface area contributed by atoms with Crippen LogP contribution in [-0.4, -0.2) is 50.9 Å². The molecule has 0 spiro atoms. The fourth-order valence-corrected chi connectivity index (χ4v) is 7.72. The van der Waals surface area contributed by atoms with Crippen LogP contribution in [0.1, 0.15) is 48.8 Å². The van der Waals surface area contributed by atoms with Crippen LogP contribution in [-0.2, 0) is 32.6 Å². The number of hydrogen-bond donors (Lipinski definition) is 1. The van der Waals surface area contributed by atoms with Gasteiger partial charge in [0.2, 0.25) is 11.8 Å². The summed E-state index contributed by atoms with van der Waals surface area (Å²) in [5.74, 6) is -1.05. The average Bonchev–Trinajstić information content (AvgIpc) is 3.10. The average molecular weight is 706 g/mol. The van der Waals surface area contributed by atoms with E-state index in [1.54, 1.807) is 24.3 Å². The predicted octanol–water partition coefficient (Wildman–Crippen LogP) is 7.08. The molecule has 8 nitrogen and oxygen atoms in total. The Morgan fingerprint density at radius 2 is 1.59 bits per heavy atom. The molecule has 1 fully saturated rings. The first kappa shape index (κ1) is 35.9. The van der Waals surface area contributed by atoms with Gasteiger partial charge in [-0.15, -0.1) is 0 Å². The molecule has 0 saturated heterocycles. The van der Waals surface area contributed by atoms with Crippen molar-refractivity contribution in [2.24, 2.45) is 0 Å². The maximum Gasteiger partial charge on any atom is 0.264 e. The minimum absolute atomic E-state index is 0.0150. The molecule has 49 heavy (non-hydrogen) atoms. The highest BCUT2D eigenvalue weighted by atomic mass is 35.5. The number of aryl methyl sites for hydroxylation is 1. The number of amides is 2. The normalized spacial score (nSPS) is 14.1. The first-order valence-corrected chi connectivity index (χ1v) is 18.2. The topological polar surface area (TPSA) is 96.0 Å². The third-order valence-corrected chi connectivity index (χ3v) is 10.9. The summed E-state index contributed by atoms with van der Waals surface area (Å²) in [6, 6.07) is 24.8. The Hall–Kier alpha value is -4.41. The van der Waals surface area contributed by atoms with Crippen molar-refractivity contribution in [3.8, 4) is 5.75 Å². The molecule has 0 radical (unpaired) electrons. The molecule has 4 aromatic carbocycles. The Morgan fingerprint density at radius 1 is 0.918 bits per heavy atom. The molecule has 1 aliphatic carbocycles. The van der Waals surface area contributed by atoms with Crippen molar-refractivity contribution < 1.29 is 27.1 Å². The molecule has 0 aliphatic heterocycles. The number of nitrogens with one attached hydrogen (secondary N) is 1. The van der Waals surface area contributed by atoms with Gasteiger partial charge in [0.25, 0.3) is 10.0 Å². The molecule has 0 heterocycles. The number of anilines is 1. The zero-order chi connectivity index (χ0) is 35.0. The zero-order valence-corrected chi connectivity index (χ0v) is 29.2. The highest BCUT2D eigenvalue weighted by molar-refractivity contribution is 7.92. The molecule has 258 valence electrons. The van der Waals surface area contributed by atoms with Crippen molar-refractivity contribution in [3.63, 3.8) is 0 Å². The molecule has 1 aliphatic rings. The summed E-state index contributed by atoms with van der Waals surface area (Å²) in [4.78, 5) is 30.3. The minimum atomic E-state index is -4.31. The van der Waals surface area contributed by atoms with E-state index >= 15 is 0 Å². The van der Waals surface area contributed by atoms with Crippen LogP contribution in [0.15, 0.2) is 102 Å². The Balaban J connectivity index is 1.58. The first-order valence-electron chi connectivity index (χ1n) is 16.4. The number of ether oxygens (including phenoxy) is 1. The van der Waals surface area contributed by atoms with E-state index in [9.17, 15) is 22.4 Å². The molecule has 2 amide bonds. The van der Waals surface area contributed by atoms with Gasteiger partial charge in [0.1, 0.15) is 24.2 Å². The van der Waals surface area contributed by atoms with E-state index in [1.165, 1.54) is 54.5 Å². The predicted molar refractivity (Wildman–Crippen MR) is 190 cm³/mol. The lowest BCUT2D eigenvalue weighted by Gasteiger charge is -2.35. The molecule has 4 aromatic rings. The Morgan fingerprint density at radius 3 is 2.22 bits per heavy atom. The molecular formula is C38H41ClFN3O5S. The minimum Gasteiger partial charge on any atom is -0.495 e. The summed E-state index contributed by atoms with van der Waals surface area (Å²) < 4.78 is 48.8. The van der Waals surface area contributed by atoms with E-state index in [1.807, 2.05) is 37.3 Å². The van der Waals surface area contributed by atoms with Crippen LogP contribution >= 0.6 is 11.6 Å². The standard InChI is InChI=1S/C38H41ClFN3O5S/c1-27-13-20-33(21-14-27)49(46,47)43(32-19-22-36(48-2)34(39)24-32)26-37(44)42(25-29-15-17-30(40)18-16-29)35(23-28-9-5-3-6-10-28)38(45)41-31-11-7-4-8-12-31/h3,5-6,9-10,13-22,24,31,35H,4,7-8,11-12,23,25-26H2,1-2H3,(H,41,45)/t35-/m1/s1. The second-order valence-electron chi connectivity index (χ2n) is 12.3. The highest BCUT2D eigenvalue weighted by Crippen LogP contribution is 2.32. The third kappa shape index (κ3) is 9.19. The summed E-state index contributed by atoms with van der Waals surface area (Å²) in [5, 5.41) is 3.34. The van der Waals surface area contributed by atoms with Crippen molar-refractivity contribution >= 4 is 39.1 Å². The number of hydrogen-bond acceptors (Lipinski definition) is 5. The molecule has 0 aromatic heterocycles. The van der Waals surface area contributed by atoms with Gasteiger partial charge in [-0.25, -0.2) is 12.8 Å². The molecule has 1 saturated carbocycles. The van der Waals surface area contributed by atoms with Crippen molar-refractivity contribution in [2.75, 3.05) is 18.0 Å². The van der Waals surface area contributed by atoms with Gasteiger partial charge >= 0.3 is 0 Å². The molecule has 11 heteroatoms. The second kappa shape index (κ2) is 16.3. The van der Waals surface area contributed by atoms with Gasteiger partial charge in [-0.1, -0.05) is 91.0 Å². The lowest BCUT2D eigenvalue weighted by molar-refractivity contribution is -0.140. The SMILES string of the molecule is COc1ccc(N(CC(=O)N(Cc2ccc(F)cc2)[C@H](Cc2ccccc2)C(=O)NC2CCCCC2)S(=O)(=O)c2ccc(C)cc2)cc1Cl. The molecule has 0 unspecified atom stereocenters. The molecule has 1 N–H and O–H groups in total. The van der Waals surface area contributed by atoms with Gasteiger partial charge in [-0.2, -0.15) is 0 Å². The molecule has 5 rings (SSSR count). The van der Waals surface area contributed by atoms with Crippen molar-refractivity contribution in [1.82, 2.24) is 10.2 Å². The lowest BCUT2D eigenvalue weighted by Crippen LogP contribution is -2.55. The van der Waals surface area contributed by atoms with Crippen LogP contribution in [0.3, 0.4) is 0 Å². The van der Waals surface area contributed by atoms with Gasteiger partial charge < -0.3 is 15.0 Å². The van der Waals surface area contributed by atoms with Crippen molar-refractivity contribution in [3.05, 3.63) is 125 Å². The van der Waals surface area contributed by atoms with E-state index in [4.69, 9.17) is 16.3 Å². The molecule has 1 atom stereocenters. The number of carbonyl (C=O) groups excluding carboxylic acids is 2. The zero-order valence-electron chi connectivity index (χ0n) is 27.6. The summed E-state index contributed by atoms with van der Waals surface area (Å²) in [6.45, 7) is 1.15. The number of benzene rings is 4. The Kier molecular flexibility index (Phi) is 12.0. The fraction of sp³-hybridized carbons (Fsp3) is 0.316. The number of nitrogens with zero attached hydrogens (tertiary/aromatic N) is 2. The van der Waals surface area contributed by atoms with Crippen LogP contribution in [0.2, 0.25) is 5.02 Å². The number of sulfonamides is 1. The number of carbonyl (C=O) groups is 2. The van der Waals surface area contributed by atoms with Gasteiger partial charge in [0.15, 0.2) is 0 Å². The number of halogens is 2. The van der Waals surface area contributed by atoms with Crippen molar-refractivity contribution in [1.29, 1.82) is 0 Å². The quantitative estimate of drug-likeness (QED) is 0.160. The Bertz CT molecular complexity index is 1830. The first-order chi connectivity index (χ1) is 23.5. The number of methoxy groups -OCH3 is 1. The van der Waals surface area contributed by atoms with Gasteiger partial charge in [0.05, 0.1) is 22.7 Å². The summed E-state index contributed by atoms with van der Waals surface area (Å²) in [6.07, 6.45) is 4.99. The van der Waals surface area contributed by atoms with E-state index in [-0.39, 0.29) is 40.5 Å². The third-order valence-electron chi connectivity index (χ3n) is 8.80. The van der Waals surface area contributed by atoms with Crippen LogP contribution in [0.5, 0.6) is 5.75 Å². The van der Waals surface area contributed by atoms with E-state index in [0.717, 1.165) is 47.5 Å². The van der Waals surface area contributed by atoms with Crippen LogP contribution in [0.25, 0.3) is 0 Å². The molecular weight excluding hydrogens is 665 g/mol. The summed E-state index contributed by atoms with van der Waals surface area (Å²) >= 11 is 6.46. The van der Waals surface area contributed by atoms with E-state index in [2.05, 4.69) is 5.32 Å². The van der Waals surface area contributed by atoms with Crippen LogP contribution in [0.4, 0.5) is 10.1 Å². The van der Waals surface area contributed by atoms with Gasteiger partial charge in [0, 0.05) is 19.0 Å². The highest BCUT2D eigenvalue weighted by Gasteiger charge is 2.35. The number of rotatable bonds is 13.